The number of carbonyl (C=O) groups is 2. The highest BCUT2D eigenvalue weighted by molar-refractivity contribution is 5.96. The zero-order chi connectivity index (χ0) is 17.9. The summed E-state index contributed by atoms with van der Waals surface area (Å²) in [5.74, 6) is 0.165. The van der Waals surface area contributed by atoms with Crippen molar-refractivity contribution in [3.8, 4) is 5.88 Å². The smallest absolute Gasteiger partial charge is 0.317 e. The van der Waals surface area contributed by atoms with Crippen molar-refractivity contribution in [1.82, 2.24) is 20.1 Å². The van der Waals surface area contributed by atoms with Gasteiger partial charge in [0.05, 0.1) is 6.54 Å². The molecule has 0 radical (unpaired) electrons. The second-order valence-corrected chi connectivity index (χ2v) is 7.21. The molecule has 7 heteroatoms. The number of carbonyl (C=O) groups excluding carboxylic acids is 2. The summed E-state index contributed by atoms with van der Waals surface area (Å²) in [6.45, 7) is 6.94. The van der Waals surface area contributed by atoms with E-state index in [1.54, 1.807) is 37.3 Å². The minimum atomic E-state index is -0.275. The summed E-state index contributed by atoms with van der Waals surface area (Å²) in [6.07, 6.45) is 2.14. The number of hydrogen-bond donors (Lipinski definition) is 1. The van der Waals surface area contributed by atoms with E-state index in [9.17, 15) is 9.59 Å². The number of nitrogens with zero attached hydrogens (tertiary/aromatic N) is 3. The highest BCUT2D eigenvalue weighted by Gasteiger charge is 2.30. The molecule has 1 saturated heterocycles. The van der Waals surface area contributed by atoms with Crippen molar-refractivity contribution >= 4 is 11.9 Å². The first-order valence-corrected chi connectivity index (χ1v) is 8.08. The normalized spacial score (nSPS) is 17.5. The summed E-state index contributed by atoms with van der Waals surface area (Å²) >= 11 is 0. The van der Waals surface area contributed by atoms with E-state index in [0.29, 0.717) is 31.0 Å². The summed E-state index contributed by atoms with van der Waals surface area (Å²) in [6, 6.07) is 3.31. The Labute approximate surface area is 143 Å². The van der Waals surface area contributed by atoms with Gasteiger partial charge in [0, 0.05) is 38.8 Å². The highest BCUT2D eigenvalue weighted by Crippen LogP contribution is 2.21. The van der Waals surface area contributed by atoms with Gasteiger partial charge in [-0.1, -0.05) is 0 Å². The lowest BCUT2D eigenvalue weighted by atomic mass is 10.1. The van der Waals surface area contributed by atoms with E-state index in [1.807, 2.05) is 20.8 Å². The van der Waals surface area contributed by atoms with Gasteiger partial charge in [-0.15, -0.1) is 0 Å². The van der Waals surface area contributed by atoms with Gasteiger partial charge in [0.1, 0.15) is 11.7 Å². The molecule has 132 valence electrons. The van der Waals surface area contributed by atoms with E-state index in [-0.39, 0.29) is 23.6 Å². The molecule has 1 aliphatic rings. The van der Waals surface area contributed by atoms with Crippen molar-refractivity contribution in [3.05, 3.63) is 23.9 Å². The van der Waals surface area contributed by atoms with Crippen LogP contribution in [0.25, 0.3) is 0 Å². The van der Waals surface area contributed by atoms with Crippen molar-refractivity contribution in [3.63, 3.8) is 0 Å². The van der Waals surface area contributed by atoms with Gasteiger partial charge >= 0.3 is 6.03 Å². The third kappa shape index (κ3) is 4.59. The van der Waals surface area contributed by atoms with Crippen LogP contribution in [0.2, 0.25) is 0 Å². The molecule has 24 heavy (non-hydrogen) atoms. The van der Waals surface area contributed by atoms with E-state index in [2.05, 4.69) is 10.3 Å². The Morgan fingerprint density at radius 3 is 2.71 bits per heavy atom. The predicted octanol–water partition coefficient (Wildman–Crippen LogP) is 1.74. The Kier molecular flexibility index (Phi) is 5.31. The second-order valence-electron chi connectivity index (χ2n) is 7.21. The van der Waals surface area contributed by atoms with Gasteiger partial charge in [0.15, 0.2) is 0 Å². The Morgan fingerprint density at radius 1 is 1.38 bits per heavy atom. The summed E-state index contributed by atoms with van der Waals surface area (Å²) in [5, 5.41) is 2.95. The van der Waals surface area contributed by atoms with Crippen LogP contribution in [0, 0.1) is 0 Å². The maximum Gasteiger partial charge on any atom is 0.317 e. The minimum Gasteiger partial charge on any atom is -0.472 e. The molecular weight excluding hydrogens is 308 g/mol. The molecule has 3 amide bonds. The van der Waals surface area contributed by atoms with Gasteiger partial charge in [0.2, 0.25) is 5.88 Å². The van der Waals surface area contributed by atoms with E-state index >= 15 is 0 Å². The fraction of sp³-hybridized carbons (Fsp3) is 0.588. The Balaban J connectivity index is 2.01. The zero-order valence-corrected chi connectivity index (χ0v) is 15.0. The quantitative estimate of drug-likeness (QED) is 0.914. The van der Waals surface area contributed by atoms with Crippen LogP contribution in [0.5, 0.6) is 5.88 Å². The van der Waals surface area contributed by atoms with E-state index < -0.39 is 0 Å². The van der Waals surface area contributed by atoms with Crippen LogP contribution in [-0.4, -0.2) is 65.5 Å². The Bertz CT molecular complexity index is 610. The van der Waals surface area contributed by atoms with E-state index in [1.165, 1.54) is 4.90 Å². The summed E-state index contributed by atoms with van der Waals surface area (Å²) in [5.41, 5.74) is 0.155. The number of ether oxygens (including phenoxy) is 1. The van der Waals surface area contributed by atoms with Crippen LogP contribution >= 0.6 is 0 Å². The number of nitrogens with one attached hydrogen (secondary N) is 1. The van der Waals surface area contributed by atoms with E-state index in [0.717, 1.165) is 0 Å². The molecular formula is C17H26N4O3. The average Bonchev–Trinajstić information content (AvgIpc) is 2.94. The molecule has 1 aliphatic heterocycles. The maximum atomic E-state index is 12.2. The lowest BCUT2D eigenvalue weighted by Gasteiger charge is -2.25. The SMILES string of the molecule is CN(C)C(=O)c1cccnc1OC1CCN(C(=O)NC(C)(C)C)C1. The fourth-order valence-corrected chi connectivity index (χ4v) is 2.45. The van der Waals surface area contributed by atoms with Crippen LogP contribution in [0.4, 0.5) is 4.79 Å². The molecule has 7 nitrogen and oxygen atoms in total. The molecule has 1 N–H and O–H groups in total. The molecule has 0 saturated carbocycles. The molecule has 0 aliphatic carbocycles. The molecule has 0 spiro atoms. The van der Waals surface area contributed by atoms with Gasteiger partial charge in [-0.2, -0.15) is 0 Å². The third-order valence-electron chi connectivity index (χ3n) is 3.60. The molecule has 2 heterocycles. The first-order valence-electron chi connectivity index (χ1n) is 8.08. The second kappa shape index (κ2) is 7.07. The first-order chi connectivity index (χ1) is 11.2. The lowest BCUT2D eigenvalue weighted by Crippen LogP contribution is -2.48. The fourth-order valence-electron chi connectivity index (χ4n) is 2.45. The monoisotopic (exact) mass is 334 g/mol. The summed E-state index contributed by atoms with van der Waals surface area (Å²) in [4.78, 5) is 31.8. The van der Waals surface area contributed by atoms with Crippen molar-refractivity contribution in [2.45, 2.75) is 38.8 Å². The van der Waals surface area contributed by atoms with Crippen LogP contribution in [-0.2, 0) is 0 Å². The van der Waals surface area contributed by atoms with Gasteiger partial charge in [0.25, 0.3) is 5.91 Å². The molecule has 2 rings (SSSR count). The number of aromatic nitrogens is 1. The lowest BCUT2D eigenvalue weighted by molar-refractivity contribution is 0.0818. The minimum absolute atomic E-state index is 0.0980. The van der Waals surface area contributed by atoms with Crippen molar-refractivity contribution in [1.29, 1.82) is 0 Å². The topological polar surface area (TPSA) is 74.8 Å². The molecule has 1 atom stereocenters. The first kappa shape index (κ1) is 18.0. The van der Waals surface area contributed by atoms with Crippen LogP contribution < -0.4 is 10.1 Å². The zero-order valence-electron chi connectivity index (χ0n) is 15.0. The maximum absolute atomic E-state index is 12.2. The van der Waals surface area contributed by atoms with Gasteiger partial charge < -0.3 is 19.9 Å². The molecule has 0 bridgehead atoms. The van der Waals surface area contributed by atoms with Crippen molar-refractivity contribution < 1.29 is 14.3 Å². The van der Waals surface area contributed by atoms with Crippen LogP contribution in [0.15, 0.2) is 18.3 Å². The third-order valence-corrected chi connectivity index (χ3v) is 3.60. The van der Waals surface area contributed by atoms with E-state index in [4.69, 9.17) is 4.74 Å². The molecule has 1 aromatic rings. The standard InChI is InChI=1S/C17H26N4O3/c1-17(2,3)19-16(23)21-10-8-12(11-21)24-14-13(7-6-9-18-14)15(22)20(4)5/h6-7,9,12H,8,10-11H2,1-5H3,(H,19,23). The number of urea groups is 1. The summed E-state index contributed by atoms with van der Waals surface area (Å²) < 4.78 is 5.91. The number of amides is 3. The molecule has 1 unspecified atom stereocenters. The molecule has 1 aromatic heterocycles. The number of hydrogen-bond acceptors (Lipinski definition) is 4. The van der Waals surface area contributed by atoms with Gasteiger partial charge in [-0.3, -0.25) is 4.79 Å². The number of likely N-dealkylation sites (tertiary alicyclic amines) is 1. The Hall–Kier alpha value is -2.31. The largest absolute Gasteiger partial charge is 0.472 e. The average molecular weight is 334 g/mol. The van der Waals surface area contributed by atoms with Crippen LogP contribution in [0.1, 0.15) is 37.6 Å². The number of pyridine rings is 1. The Morgan fingerprint density at radius 2 is 2.08 bits per heavy atom. The molecule has 0 aromatic carbocycles. The van der Waals surface area contributed by atoms with Crippen molar-refractivity contribution in [2.75, 3.05) is 27.2 Å². The summed E-state index contributed by atoms with van der Waals surface area (Å²) in [7, 11) is 3.38. The predicted molar refractivity (Wildman–Crippen MR) is 91.1 cm³/mol. The van der Waals surface area contributed by atoms with Gasteiger partial charge in [-0.25, -0.2) is 9.78 Å². The van der Waals surface area contributed by atoms with Crippen LogP contribution in [0.3, 0.4) is 0 Å². The van der Waals surface area contributed by atoms with Gasteiger partial charge in [-0.05, 0) is 32.9 Å². The highest BCUT2D eigenvalue weighted by atomic mass is 16.5. The molecule has 1 fully saturated rings. The van der Waals surface area contributed by atoms with Crippen molar-refractivity contribution in [2.24, 2.45) is 0 Å². The number of rotatable bonds is 3.